The Labute approximate surface area is 173 Å². The molecule has 2 aliphatic heterocycles. The number of hydrogen-bond donors (Lipinski definition) is 1. The van der Waals surface area contributed by atoms with Crippen molar-refractivity contribution in [3.63, 3.8) is 0 Å². The van der Waals surface area contributed by atoms with Crippen molar-refractivity contribution >= 4 is 17.9 Å². The van der Waals surface area contributed by atoms with Gasteiger partial charge in [-0.25, -0.2) is 0 Å². The number of hydrazone groups is 1. The van der Waals surface area contributed by atoms with Crippen molar-refractivity contribution in [3.8, 4) is 0 Å². The quantitative estimate of drug-likeness (QED) is 0.344. The number of pyridine rings is 1. The van der Waals surface area contributed by atoms with Crippen LogP contribution in [-0.2, 0) is 9.53 Å². The van der Waals surface area contributed by atoms with Crippen molar-refractivity contribution in [2.75, 3.05) is 50.7 Å². The Hall–Kier alpha value is -2.19. The summed E-state index contributed by atoms with van der Waals surface area (Å²) in [6.45, 7) is 12.2. The molecule has 160 valence electrons. The van der Waals surface area contributed by atoms with Crippen LogP contribution in [-0.4, -0.2) is 84.4 Å². The van der Waals surface area contributed by atoms with Crippen LogP contribution in [0, 0.1) is 0 Å². The first-order valence-electron chi connectivity index (χ1n) is 10.5. The largest absolute Gasteiger partial charge is 0.459 e. The lowest BCUT2D eigenvalue weighted by atomic mass is 10.0. The molecule has 2 fully saturated rings. The minimum atomic E-state index is -0.414. The summed E-state index contributed by atoms with van der Waals surface area (Å²) in [5, 5.41) is 3.51. The van der Waals surface area contributed by atoms with Crippen molar-refractivity contribution < 1.29 is 9.53 Å². The van der Waals surface area contributed by atoms with Gasteiger partial charge in [0.05, 0.1) is 30.3 Å². The zero-order valence-electron chi connectivity index (χ0n) is 17.9. The van der Waals surface area contributed by atoms with Crippen LogP contribution in [0.4, 0.5) is 5.69 Å². The van der Waals surface area contributed by atoms with Gasteiger partial charge in [0.25, 0.3) is 0 Å². The molecule has 3 rings (SSSR count). The predicted octanol–water partition coefficient (Wildman–Crippen LogP) is 1.30. The highest BCUT2D eigenvalue weighted by molar-refractivity contribution is 5.77. The zero-order chi connectivity index (χ0) is 20.9. The molecule has 0 unspecified atom stereocenters. The Balaban J connectivity index is 1.41. The first kappa shape index (κ1) is 21.5. The van der Waals surface area contributed by atoms with Gasteiger partial charge < -0.3 is 15.5 Å². The van der Waals surface area contributed by atoms with Crippen molar-refractivity contribution in [3.05, 3.63) is 24.0 Å². The van der Waals surface area contributed by atoms with Gasteiger partial charge in [0, 0.05) is 45.3 Å². The number of piperazine rings is 1. The molecule has 3 heterocycles. The third-order valence-electron chi connectivity index (χ3n) is 5.50. The number of carbonyl (C=O) groups excluding carboxylic acids is 1. The molecule has 1 aromatic heterocycles. The first-order valence-corrected chi connectivity index (χ1v) is 10.5. The van der Waals surface area contributed by atoms with E-state index < -0.39 is 5.60 Å². The van der Waals surface area contributed by atoms with Crippen molar-refractivity contribution in [1.29, 1.82) is 0 Å². The molecule has 2 saturated heterocycles. The van der Waals surface area contributed by atoms with Crippen molar-refractivity contribution in [2.45, 2.75) is 45.3 Å². The van der Waals surface area contributed by atoms with Crippen LogP contribution < -0.4 is 10.7 Å². The second kappa shape index (κ2) is 9.54. The van der Waals surface area contributed by atoms with Gasteiger partial charge >= 0.3 is 5.97 Å². The fourth-order valence-corrected chi connectivity index (χ4v) is 4.08. The number of ether oxygens (including phenoxy) is 1. The smallest absolute Gasteiger partial charge is 0.320 e. The third kappa shape index (κ3) is 6.40. The van der Waals surface area contributed by atoms with Crippen LogP contribution in [0.5, 0.6) is 0 Å². The summed E-state index contributed by atoms with van der Waals surface area (Å²) < 4.78 is 5.44. The van der Waals surface area contributed by atoms with Gasteiger partial charge in [0.1, 0.15) is 5.60 Å². The van der Waals surface area contributed by atoms with Crippen LogP contribution in [0.25, 0.3) is 0 Å². The summed E-state index contributed by atoms with van der Waals surface area (Å²) in [6, 6.07) is 4.63. The van der Waals surface area contributed by atoms with Crippen LogP contribution in [0.1, 0.15) is 39.3 Å². The second-order valence-corrected chi connectivity index (χ2v) is 8.84. The number of nitrogens with zero attached hydrogens (tertiary/aromatic N) is 5. The molecule has 0 radical (unpaired) electrons. The second-order valence-electron chi connectivity index (χ2n) is 8.84. The van der Waals surface area contributed by atoms with E-state index in [1.54, 1.807) is 6.21 Å². The van der Waals surface area contributed by atoms with E-state index in [1.165, 1.54) is 0 Å². The molecule has 0 aliphatic carbocycles. The van der Waals surface area contributed by atoms with Crippen molar-refractivity contribution in [2.24, 2.45) is 10.9 Å². The fourth-order valence-electron chi connectivity index (χ4n) is 4.08. The topological polar surface area (TPSA) is 87.3 Å². The molecule has 0 amide bonds. The van der Waals surface area contributed by atoms with E-state index in [0.717, 1.165) is 63.5 Å². The van der Waals surface area contributed by atoms with Gasteiger partial charge in [-0.3, -0.25) is 19.6 Å². The molecule has 2 aliphatic rings. The van der Waals surface area contributed by atoms with Gasteiger partial charge in [-0.2, -0.15) is 5.10 Å². The summed E-state index contributed by atoms with van der Waals surface area (Å²) >= 11 is 0. The average molecular weight is 403 g/mol. The fraction of sp³-hybridized carbons (Fsp3) is 0.667. The van der Waals surface area contributed by atoms with Crippen LogP contribution in [0.3, 0.4) is 0 Å². The molecule has 0 saturated carbocycles. The highest BCUT2D eigenvalue weighted by atomic mass is 16.6. The Morgan fingerprint density at radius 2 is 1.90 bits per heavy atom. The van der Waals surface area contributed by atoms with Gasteiger partial charge in [0.2, 0.25) is 0 Å². The molecule has 0 atom stereocenters. The van der Waals surface area contributed by atoms with Gasteiger partial charge in [0.15, 0.2) is 0 Å². The lowest BCUT2D eigenvalue weighted by Gasteiger charge is -2.43. The van der Waals surface area contributed by atoms with E-state index in [9.17, 15) is 4.79 Å². The normalized spacial score (nSPS) is 20.3. The number of hydrogen-bond acceptors (Lipinski definition) is 8. The molecule has 0 spiro atoms. The third-order valence-corrected chi connectivity index (χ3v) is 5.50. The maximum absolute atomic E-state index is 12.0. The van der Waals surface area contributed by atoms with Gasteiger partial charge in [-0.1, -0.05) is 0 Å². The van der Waals surface area contributed by atoms with E-state index in [0.29, 0.717) is 12.6 Å². The monoisotopic (exact) mass is 402 g/mol. The summed E-state index contributed by atoms with van der Waals surface area (Å²) in [6.07, 6.45) is 5.66. The average Bonchev–Trinajstić information content (AvgIpc) is 2.68. The molecular formula is C21H34N6O2. The Kier molecular flexibility index (Phi) is 7.08. The number of carbonyl (C=O) groups is 1. The van der Waals surface area contributed by atoms with Crippen LogP contribution in [0.15, 0.2) is 23.4 Å². The molecule has 1 aromatic rings. The molecular weight excluding hydrogens is 368 g/mol. The van der Waals surface area contributed by atoms with Crippen molar-refractivity contribution in [1.82, 2.24) is 14.8 Å². The van der Waals surface area contributed by atoms with Crippen LogP contribution in [0.2, 0.25) is 0 Å². The summed E-state index contributed by atoms with van der Waals surface area (Å²) in [5.74, 6) is 5.05. The molecule has 2 N–H and O–H groups in total. The first-order chi connectivity index (χ1) is 13.8. The Morgan fingerprint density at radius 1 is 1.21 bits per heavy atom. The number of piperidine rings is 1. The number of likely N-dealkylation sites (tertiary alicyclic amines) is 1. The lowest BCUT2D eigenvalue weighted by molar-refractivity contribution is -0.156. The maximum atomic E-state index is 12.0. The Bertz CT molecular complexity index is 684. The number of esters is 1. The summed E-state index contributed by atoms with van der Waals surface area (Å²) in [5.41, 5.74) is 1.50. The molecule has 8 nitrogen and oxygen atoms in total. The molecule has 8 heteroatoms. The minimum absolute atomic E-state index is 0.123. The molecule has 0 bridgehead atoms. The van der Waals surface area contributed by atoms with E-state index in [-0.39, 0.29) is 5.97 Å². The van der Waals surface area contributed by atoms with E-state index in [2.05, 4.69) is 30.9 Å². The number of nitrogens with two attached hydrogens (primary N) is 1. The predicted molar refractivity (Wildman–Crippen MR) is 115 cm³/mol. The lowest BCUT2D eigenvalue weighted by Crippen LogP contribution is -2.53. The Morgan fingerprint density at radius 3 is 2.45 bits per heavy atom. The summed E-state index contributed by atoms with van der Waals surface area (Å²) in [7, 11) is 0. The van der Waals surface area contributed by atoms with E-state index in [4.69, 9.17) is 10.6 Å². The maximum Gasteiger partial charge on any atom is 0.320 e. The number of rotatable bonds is 5. The standard InChI is InChI=1S/C21H34N6O2/c1-21(2,3)29-20(28)16-25-8-6-18(7-9-25)26-10-12-27(13-11-26)19-5-4-17(14-24-22)23-15-19/h4-5,14-15,18H,6-13,16,22H2,1-3H3. The van der Waals surface area contributed by atoms with E-state index in [1.807, 2.05) is 33.0 Å². The highest BCUT2D eigenvalue weighted by Crippen LogP contribution is 2.21. The highest BCUT2D eigenvalue weighted by Gasteiger charge is 2.29. The van der Waals surface area contributed by atoms with E-state index >= 15 is 0 Å². The van der Waals surface area contributed by atoms with Gasteiger partial charge in [-0.15, -0.1) is 0 Å². The number of aromatic nitrogens is 1. The molecule has 0 aromatic carbocycles. The SMILES string of the molecule is CC(C)(C)OC(=O)CN1CCC(N2CCN(c3ccc(C=NN)nc3)CC2)CC1. The number of anilines is 1. The minimum Gasteiger partial charge on any atom is -0.459 e. The summed E-state index contributed by atoms with van der Waals surface area (Å²) in [4.78, 5) is 23.6. The molecule has 29 heavy (non-hydrogen) atoms. The zero-order valence-corrected chi connectivity index (χ0v) is 17.9. The van der Waals surface area contributed by atoms with Gasteiger partial charge in [-0.05, 0) is 45.7 Å². The van der Waals surface area contributed by atoms with Crippen LogP contribution >= 0.6 is 0 Å².